The average Bonchev–Trinajstić information content (AvgIpc) is 2.15. The SMILES string of the molecule is CC(C)CCN(CCC(C)C)C(=O)OC(C)C. The van der Waals surface area contributed by atoms with E-state index in [-0.39, 0.29) is 12.2 Å². The molecule has 0 aliphatic rings. The lowest BCUT2D eigenvalue weighted by Crippen LogP contribution is -2.35. The van der Waals surface area contributed by atoms with Gasteiger partial charge in [-0.2, -0.15) is 0 Å². The minimum atomic E-state index is -0.165. The van der Waals surface area contributed by atoms with Gasteiger partial charge in [0, 0.05) is 13.1 Å². The van der Waals surface area contributed by atoms with Crippen LogP contribution in [0.2, 0.25) is 0 Å². The van der Waals surface area contributed by atoms with Crippen LogP contribution in [-0.2, 0) is 4.74 Å². The highest BCUT2D eigenvalue weighted by atomic mass is 16.6. The summed E-state index contributed by atoms with van der Waals surface area (Å²) in [6.07, 6.45) is 1.86. The van der Waals surface area contributed by atoms with Crippen LogP contribution in [0.1, 0.15) is 54.4 Å². The summed E-state index contributed by atoms with van der Waals surface area (Å²) in [6.45, 7) is 14.1. The Bertz CT molecular complexity index is 200. The Morgan fingerprint density at radius 1 is 0.941 bits per heavy atom. The number of hydrogen-bond donors (Lipinski definition) is 0. The lowest BCUT2D eigenvalue weighted by molar-refractivity contribution is 0.0740. The van der Waals surface area contributed by atoms with Crippen LogP contribution in [0.4, 0.5) is 4.79 Å². The largest absolute Gasteiger partial charge is 0.447 e. The molecule has 1 amide bonds. The van der Waals surface area contributed by atoms with E-state index in [1.165, 1.54) is 0 Å². The van der Waals surface area contributed by atoms with Gasteiger partial charge in [-0.25, -0.2) is 4.79 Å². The summed E-state index contributed by atoms with van der Waals surface area (Å²) in [4.78, 5) is 13.7. The van der Waals surface area contributed by atoms with Crippen molar-refractivity contribution in [3.05, 3.63) is 0 Å². The van der Waals surface area contributed by atoms with E-state index < -0.39 is 0 Å². The van der Waals surface area contributed by atoms with E-state index in [4.69, 9.17) is 4.74 Å². The van der Waals surface area contributed by atoms with Gasteiger partial charge in [-0.1, -0.05) is 27.7 Å². The van der Waals surface area contributed by atoms with Crippen LogP contribution in [0, 0.1) is 11.8 Å². The molecule has 3 nitrogen and oxygen atoms in total. The first kappa shape index (κ1) is 16.3. The highest BCUT2D eigenvalue weighted by molar-refractivity contribution is 5.67. The van der Waals surface area contributed by atoms with Gasteiger partial charge in [0.1, 0.15) is 0 Å². The van der Waals surface area contributed by atoms with Crippen molar-refractivity contribution in [1.29, 1.82) is 0 Å². The summed E-state index contributed by atoms with van der Waals surface area (Å²) in [5.74, 6) is 1.23. The summed E-state index contributed by atoms with van der Waals surface area (Å²) in [5, 5.41) is 0. The first-order valence-corrected chi connectivity index (χ1v) is 6.78. The molecule has 0 heterocycles. The average molecular weight is 243 g/mol. The molecular weight excluding hydrogens is 214 g/mol. The highest BCUT2D eigenvalue weighted by Crippen LogP contribution is 2.08. The second-order valence-corrected chi connectivity index (χ2v) is 5.78. The molecular formula is C14H29NO2. The van der Waals surface area contributed by atoms with Crippen molar-refractivity contribution in [2.75, 3.05) is 13.1 Å². The molecule has 0 aromatic rings. The quantitative estimate of drug-likeness (QED) is 0.678. The van der Waals surface area contributed by atoms with Crippen LogP contribution >= 0.6 is 0 Å². The molecule has 0 saturated heterocycles. The van der Waals surface area contributed by atoms with Crippen LogP contribution < -0.4 is 0 Å². The second kappa shape index (κ2) is 8.37. The Hall–Kier alpha value is -0.730. The third-order valence-electron chi connectivity index (χ3n) is 2.55. The number of ether oxygens (including phenoxy) is 1. The molecule has 0 aliphatic heterocycles. The van der Waals surface area contributed by atoms with Crippen molar-refractivity contribution in [2.45, 2.75) is 60.5 Å². The van der Waals surface area contributed by atoms with Gasteiger partial charge in [-0.15, -0.1) is 0 Å². The van der Waals surface area contributed by atoms with E-state index in [1.807, 2.05) is 18.7 Å². The van der Waals surface area contributed by atoms with Gasteiger partial charge in [0.25, 0.3) is 0 Å². The van der Waals surface area contributed by atoms with Gasteiger partial charge >= 0.3 is 6.09 Å². The topological polar surface area (TPSA) is 29.5 Å². The molecule has 0 saturated carbocycles. The number of nitrogens with zero attached hydrogens (tertiary/aromatic N) is 1. The smallest absolute Gasteiger partial charge is 0.410 e. The minimum Gasteiger partial charge on any atom is -0.447 e. The first-order chi connectivity index (χ1) is 7.82. The van der Waals surface area contributed by atoms with E-state index in [0.717, 1.165) is 25.9 Å². The number of rotatable bonds is 7. The zero-order valence-corrected chi connectivity index (χ0v) is 12.3. The lowest BCUT2D eigenvalue weighted by atomic mass is 10.1. The lowest BCUT2D eigenvalue weighted by Gasteiger charge is -2.24. The van der Waals surface area contributed by atoms with Crippen molar-refractivity contribution >= 4 is 6.09 Å². The van der Waals surface area contributed by atoms with Gasteiger partial charge in [0.15, 0.2) is 0 Å². The predicted molar refractivity (Wildman–Crippen MR) is 72.1 cm³/mol. The minimum absolute atomic E-state index is 0.0388. The van der Waals surface area contributed by atoms with E-state index in [9.17, 15) is 4.79 Å². The number of carbonyl (C=O) groups is 1. The summed E-state index contributed by atoms with van der Waals surface area (Å²) in [6, 6.07) is 0. The van der Waals surface area contributed by atoms with E-state index in [1.54, 1.807) is 0 Å². The molecule has 0 fully saturated rings. The van der Waals surface area contributed by atoms with Crippen LogP contribution in [-0.4, -0.2) is 30.2 Å². The molecule has 0 N–H and O–H groups in total. The Labute approximate surface area is 107 Å². The van der Waals surface area contributed by atoms with Crippen molar-refractivity contribution in [1.82, 2.24) is 4.90 Å². The zero-order chi connectivity index (χ0) is 13.4. The van der Waals surface area contributed by atoms with Crippen molar-refractivity contribution in [3.8, 4) is 0 Å². The molecule has 102 valence electrons. The summed E-state index contributed by atoms with van der Waals surface area (Å²) in [5.41, 5.74) is 0. The Balaban J connectivity index is 4.22. The summed E-state index contributed by atoms with van der Waals surface area (Å²) in [7, 11) is 0. The molecule has 0 radical (unpaired) electrons. The fraction of sp³-hybridized carbons (Fsp3) is 0.929. The third-order valence-corrected chi connectivity index (χ3v) is 2.55. The van der Waals surface area contributed by atoms with Crippen LogP contribution in [0.15, 0.2) is 0 Å². The molecule has 0 atom stereocenters. The molecule has 0 aromatic carbocycles. The molecule has 0 spiro atoms. The summed E-state index contributed by atoms with van der Waals surface area (Å²) >= 11 is 0. The molecule has 3 heteroatoms. The van der Waals surface area contributed by atoms with E-state index in [2.05, 4.69) is 27.7 Å². The van der Waals surface area contributed by atoms with Crippen molar-refractivity contribution < 1.29 is 9.53 Å². The molecule has 0 bridgehead atoms. The molecule has 17 heavy (non-hydrogen) atoms. The Morgan fingerprint density at radius 2 is 1.35 bits per heavy atom. The zero-order valence-electron chi connectivity index (χ0n) is 12.3. The van der Waals surface area contributed by atoms with Crippen LogP contribution in [0.5, 0.6) is 0 Å². The Kier molecular flexibility index (Phi) is 8.01. The third kappa shape index (κ3) is 9.02. The van der Waals surface area contributed by atoms with Gasteiger partial charge in [0.05, 0.1) is 6.10 Å². The summed E-state index contributed by atoms with van der Waals surface area (Å²) < 4.78 is 5.26. The monoisotopic (exact) mass is 243 g/mol. The van der Waals surface area contributed by atoms with Gasteiger partial charge in [0.2, 0.25) is 0 Å². The fourth-order valence-electron chi connectivity index (χ4n) is 1.40. The maximum atomic E-state index is 11.9. The first-order valence-electron chi connectivity index (χ1n) is 6.78. The second-order valence-electron chi connectivity index (χ2n) is 5.78. The highest BCUT2D eigenvalue weighted by Gasteiger charge is 2.16. The van der Waals surface area contributed by atoms with Crippen molar-refractivity contribution in [2.24, 2.45) is 11.8 Å². The van der Waals surface area contributed by atoms with Gasteiger partial charge < -0.3 is 9.64 Å². The number of carbonyl (C=O) groups excluding carboxylic acids is 1. The Morgan fingerprint density at radius 3 is 1.65 bits per heavy atom. The fourth-order valence-corrected chi connectivity index (χ4v) is 1.40. The molecule has 0 unspecified atom stereocenters. The van der Waals surface area contributed by atoms with E-state index >= 15 is 0 Å². The molecule has 0 aliphatic carbocycles. The normalized spacial score (nSPS) is 11.4. The van der Waals surface area contributed by atoms with Gasteiger partial charge in [-0.05, 0) is 38.5 Å². The molecule has 0 aromatic heterocycles. The number of hydrogen-bond acceptors (Lipinski definition) is 2. The van der Waals surface area contributed by atoms with E-state index in [0.29, 0.717) is 11.8 Å². The van der Waals surface area contributed by atoms with Crippen LogP contribution in [0.25, 0.3) is 0 Å². The molecule has 0 rings (SSSR count). The maximum Gasteiger partial charge on any atom is 0.410 e. The number of amides is 1. The van der Waals surface area contributed by atoms with Crippen LogP contribution in [0.3, 0.4) is 0 Å². The van der Waals surface area contributed by atoms with Crippen molar-refractivity contribution in [3.63, 3.8) is 0 Å². The van der Waals surface area contributed by atoms with Gasteiger partial charge in [-0.3, -0.25) is 0 Å². The standard InChI is InChI=1S/C14H29NO2/c1-11(2)7-9-15(10-8-12(3)4)14(16)17-13(5)6/h11-13H,7-10H2,1-6H3. The maximum absolute atomic E-state index is 11.9. The predicted octanol–water partition coefficient (Wildman–Crippen LogP) is 3.93.